The van der Waals surface area contributed by atoms with E-state index in [2.05, 4.69) is 5.32 Å². The van der Waals surface area contributed by atoms with Crippen molar-refractivity contribution in [3.8, 4) is 0 Å². The van der Waals surface area contributed by atoms with Crippen molar-refractivity contribution < 1.29 is 19.1 Å². The summed E-state index contributed by atoms with van der Waals surface area (Å²) in [5.74, 6) is -0.613. The molecule has 1 aromatic rings. The van der Waals surface area contributed by atoms with Gasteiger partial charge in [0.15, 0.2) is 0 Å². The fraction of sp³-hybridized carbons (Fsp3) is 0.286. The number of methoxy groups -OCH3 is 1. The van der Waals surface area contributed by atoms with Crippen LogP contribution >= 0.6 is 0 Å². The van der Waals surface area contributed by atoms with Crippen LogP contribution in [-0.2, 0) is 19.1 Å². The van der Waals surface area contributed by atoms with Crippen molar-refractivity contribution in [1.82, 2.24) is 0 Å². The van der Waals surface area contributed by atoms with Gasteiger partial charge in [-0.25, -0.2) is 4.79 Å². The third-order valence-corrected chi connectivity index (χ3v) is 2.20. The molecule has 0 bridgehead atoms. The summed E-state index contributed by atoms with van der Waals surface area (Å²) in [5.41, 5.74) is 1.39. The second-order valence-corrected chi connectivity index (χ2v) is 3.76. The van der Waals surface area contributed by atoms with Crippen molar-refractivity contribution in [2.75, 3.05) is 25.6 Å². The lowest BCUT2D eigenvalue weighted by Crippen LogP contribution is -2.08. The van der Waals surface area contributed by atoms with Gasteiger partial charge >= 0.3 is 5.97 Å². The lowest BCUT2D eigenvalue weighted by Gasteiger charge is -2.05. The van der Waals surface area contributed by atoms with Crippen LogP contribution in [0.4, 0.5) is 5.69 Å². The Hall–Kier alpha value is -2.14. The van der Waals surface area contributed by atoms with Crippen molar-refractivity contribution in [2.45, 2.75) is 6.92 Å². The summed E-state index contributed by atoms with van der Waals surface area (Å²) in [7, 11) is 1.54. The molecule has 0 aliphatic carbocycles. The Labute approximate surface area is 112 Å². The van der Waals surface area contributed by atoms with Gasteiger partial charge in [0.2, 0.25) is 5.91 Å². The Bertz CT molecular complexity index is 468. The summed E-state index contributed by atoms with van der Waals surface area (Å²) < 4.78 is 9.66. The molecule has 5 heteroatoms. The molecule has 0 aliphatic heterocycles. The second-order valence-electron chi connectivity index (χ2n) is 3.76. The van der Waals surface area contributed by atoms with Crippen molar-refractivity contribution in [3.63, 3.8) is 0 Å². The molecule has 0 aromatic heterocycles. The number of hydrogen-bond acceptors (Lipinski definition) is 4. The highest BCUT2D eigenvalue weighted by atomic mass is 16.6. The first-order valence-corrected chi connectivity index (χ1v) is 5.84. The molecule has 0 saturated carbocycles. The Morgan fingerprint density at radius 1 is 1.26 bits per heavy atom. The first kappa shape index (κ1) is 14.9. The van der Waals surface area contributed by atoms with Crippen molar-refractivity contribution in [3.05, 3.63) is 35.9 Å². The minimum Gasteiger partial charge on any atom is -0.460 e. The molecular formula is C14H17NO4. The molecule has 0 heterocycles. The Kier molecular flexibility index (Phi) is 6.32. The van der Waals surface area contributed by atoms with Gasteiger partial charge in [-0.3, -0.25) is 4.79 Å². The van der Waals surface area contributed by atoms with Crippen LogP contribution in [0, 0.1) is 0 Å². The van der Waals surface area contributed by atoms with E-state index >= 15 is 0 Å². The van der Waals surface area contributed by atoms with E-state index in [4.69, 9.17) is 9.47 Å². The average molecular weight is 263 g/mol. The number of carbonyl (C=O) groups is 2. The topological polar surface area (TPSA) is 64.6 Å². The first-order chi connectivity index (χ1) is 9.13. The first-order valence-electron chi connectivity index (χ1n) is 5.84. The summed E-state index contributed by atoms with van der Waals surface area (Å²) in [6.45, 7) is 2.01. The predicted molar refractivity (Wildman–Crippen MR) is 72.6 cm³/mol. The number of hydrogen-bond donors (Lipinski definition) is 1. The molecular weight excluding hydrogens is 246 g/mol. The SMILES string of the molecule is COCCOC(=O)/C=C/c1ccccc1NC(C)=O. The van der Waals surface area contributed by atoms with E-state index in [0.29, 0.717) is 12.3 Å². The van der Waals surface area contributed by atoms with Gasteiger partial charge in [-0.1, -0.05) is 18.2 Å². The molecule has 1 rings (SSSR count). The third-order valence-electron chi connectivity index (χ3n) is 2.20. The van der Waals surface area contributed by atoms with Gasteiger partial charge < -0.3 is 14.8 Å². The molecule has 5 nitrogen and oxygen atoms in total. The van der Waals surface area contributed by atoms with E-state index in [9.17, 15) is 9.59 Å². The molecule has 0 fully saturated rings. The summed E-state index contributed by atoms with van der Waals surface area (Å²) in [4.78, 5) is 22.4. The van der Waals surface area contributed by atoms with Gasteiger partial charge in [0.25, 0.3) is 0 Å². The summed E-state index contributed by atoms with van der Waals surface area (Å²) >= 11 is 0. The van der Waals surface area contributed by atoms with Gasteiger partial charge in [-0.2, -0.15) is 0 Å². The lowest BCUT2D eigenvalue weighted by atomic mass is 10.1. The average Bonchev–Trinajstić information content (AvgIpc) is 2.37. The molecule has 102 valence electrons. The largest absolute Gasteiger partial charge is 0.460 e. The van der Waals surface area contributed by atoms with Crippen LogP contribution < -0.4 is 5.32 Å². The Morgan fingerprint density at radius 3 is 2.68 bits per heavy atom. The van der Waals surface area contributed by atoms with Crippen LogP contribution in [0.25, 0.3) is 6.08 Å². The normalized spacial score (nSPS) is 10.4. The maximum atomic E-state index is 11.4. The minimum atomic E-state index is -0.449. The zero-order valence-electron chi connectivity index (χ0n) is 11.0. The third kappa shape index (κ3) is 5.83. The van der Waals surface area contributed by atoms with E-state index < -0.39 is 5.97 Å². The number of amides is 1. The number of nitrogens with one attached hydrogen (secondary N) is 1. The fourth-order valence-electron chi connectivity index (χ4n) is 1.38. The highest BCUT2D eigenvalue weighted by Gasteiger charge is 2.01. The summed E-state index contributed by atoms with van der Waals surface area (Å²) in [6.07, 6.45) is 2.91. The van der Waals surface area contributed by atoms with Crippen LogP contribution in [0.2, 0.25) is 0 Å². The van der Waals surface area contributed by atoms with E-state index in [0.717, 1.165) is 5.56 Å². The lowest BCUT2D eigenvalue weighted by molar-refractivity contribution is -0.138. The van der Waals surface area contributed by atoms with E-state index in [-0.39, 0.29) is 12.5 Å². The number of ether oxygens (including phenoxy) is 2. The summed E-state index contributed by atoms with van der Waals surface area (Å²) in [6, 6.07) is 7.18. The van der Waals surface area contributed by atoms with Gasteiger partial charge in [0.05, 0.1) is 6.61 Å². The number of para-hydroxylation sites is 1. The van der Waals surface area contributed by atoms with Gasteiger partial charge in [0.1, 0.15) is 6.61 Å². The number of esters is 1. The van der Waals surface area contributed by atoms with Gasteiger partial charge in [-0.05, 0) is 17.7 Å². The highest BCUT2D eigenvalue weighted by Crippen LogP contribution is 2.16. The maximum Gasteiger partial charge on any atom is 0.330 e. The molecule has 1 amide bonds. The van der Waals surface area contributed by atoms with Gasteiger partial charge in [-0.15, -0.1) is 0 Å². The Morgan fingerprint density at radius 2 is 2.00 bits per heavy atom. The highest BCUT2D eigenvalue weighted by molar-refractivity contribution is 5.93. The zero-order valence-corrected chi connectivity index (χ0v) is 11.0. The number of anilines is 1. The van der Waals surface area contributed by atoms with Crippen LogP contribution in [0.1, 0.15) is 12.5 Å². The monoisotopic (exact) mass is 263 g/mol. The van der Waals surface area contributed by atoms with Gasteiger partial charge in [0, 0.05) is 25.8 Å². The van der Waals surface area contributed by atoms with E-state index in [1.807, 2.05) is 6.07 Å². The molecule has 0 saturated heterocycles. The van der Waals surface area contributed by atoms with Crippen molar-refractivity contribution >= 4 is 23.6 Å². The predicted octanol–water partition coefficient (Wildman–Crippen LogP) is 1.85. The van der Waals surface area contributed by atoms with E-state index in [1.165, 1.54) is 20.1 Å². The van der Waals surface area contributed by atoms with Crippen LogP contribution in [-0.4, -0.2) is 32.2 Å². The smallest absolute Gasteiger partial charge is 0.330 e. The quantitative estimate of drug-likeness (QED) is 0.483. The Balaban J connectivity index is 2.65. The summed E-state index contributed by atoms with van der Waals surface area (Å²) in [5, 5.41) is 2.69. The standard InChI is InChI=1S/C14H17NO4/c1-11(16)15-13-6-4-3-5-12(13)7-8-14(17)19-10-9-18-2/h3-8H,9-10H2,1-2H3,(H,15,16)/b8-7+. The molecule has 0 unspecified atom stereocenters. The molecule has 0 aliphatic rings. The molecule has 1 aromatic carbocycles. The maximum absolute atomic E-state index is 11.4. The van der Waals surface area contributed by atoms with Crippen molar-refractivity contribution in [2.24, 2.45) is 0 Å². The number of benzene rings is 1. The number of carbonyl (C=O) groups excluding carboxylic acids is 2. The second kappa shape index (κ2) is 8.05. The van der Waals surface area contributed by atoms with Crippen molar-refractivity contribution in [1.29, 1.82) is 0 Å². The minimum absolute atomic E-state index is 0.163. The molecule has 0 radical (unpaired) electrons. The molecule has 0 spiro atoms. The zero-order chi connectivity index (χ0) is 14.1. The number of rotatable bonds is 6. The van der Waals surface area contributed by atoms with Crippen LogP contribution in [0.3, 0.4) is 0 Å². The van der Waals surface area contributed by atoms with E-state index in [1.54, 1.807) is 24.3 Å². The van der Waals surface area contributed by atoms with Crippen LogP contribution in [0.5, 0.6) is 0 Å². The fourth-order valence-corrected chi connectivity index (χ4v) is 1.38. The van der Waals surface area contributed by atoms with Crippen LogP contribution in [0.15, 0.2) is 30.3 Å². The molecule has 1 N–H and O–H groups in total. The molecule has 19 heavy (non-hydrogen) atoms. The molecule has 0 atom stereocenters.